The summed E-state index contributed by atoms with van der Waals surface area (Å²) in [6.45, 7) is 10.4. The van der Waals surface area contributed by atoms with Gasteiger partial charge in [0.25, 0.3) is 0 Å². The highest BCUT2D eigenvalue weighted by atomic mass is 28.2. The maximum absolute atomic E-state index is 5.94. The largest absolute Gasteiger partial charge is 0.414 e. The van der Waals surface area contributed by atoms with Crippen LogP contribution in [0.2, 0.25) is 0 Å². The van der Waals surface area contributed by atoms with Crippen molar-refractivity contribution in [2.24, 2.45) is 0 Å². The van der Waals surface area contributed by atoms with E-state index >= 15 is 0 Å². The van der Waals surface area contributed by atoms with E-state index < -0.39 is 9.76 Å². The van der Waals surface area contributed by atoms with Crippen LogP contribution in [0.1, 0.15) is 46.5 Å². The first-order chi connectivity index (χ1) is 5.74. The minimum Gasteiger partial charge on any atom is -0.414 e. The van der Waals surface area contributed by atoms with Crippen LogP contribution in [0.5, 0.6) is 0 Å². The summed E-state index contributed by atoms with van der Waals surface area (Å²) in [5.74, 6) is 0. The van der Waals surface area contributed by atoms with E-state index in [0.29, 0.717) is 0 Å². The van der Waals surface area contributed by atoms with Crippen molar-refractivity contribution in [1.29, 1.82) is 0 Å². The topological polar surface area (TPSA) is 9.23 Å². The zero-order chi connectivity index (χ0) is 9.45. The first kappa shape index (κ1) is 11.9. The van der Waals surface area contributed by atoms with Crippen LogP contribution in [0.3, 0.4) is 0 Å². The molecular formula is C10H22OSi. The molecule has 0 aliphatic rings. The Bertz CT molecular complexity index is 119. The molecule has 0 saturated carbocycles. The molecule has 0 aromatic heterocycles. The lowest BCUT2D eigenvalue weighted by Crippen LogP contribution is -2.32. The van der Waals surface area contributed by atoms with E-state index in [2.05, 4.69) is 27.4 Å². The minimum atomic E-state index is -0.461. The third kappa shape index (κ3) is 3.54. The van der Waals surface area contributed by atoms with Gasteiger partial charge < -0.3 is 4.43 Å². The lowest BCUT2D eigenvalue weighted by molar-refractivity contribution is 0.0565. The van der Waals surface area contributed by atoms with Gasteiger partial charge in [0.15, 0.2) is 9.76 Å². The Kier molecular flexibility index (Phi) is 6.39. The summed E-state index contributed by atoms with van der Waals surface area (Å²) < 4.78 is 5.94. The van der Waals surface area contributed by atoms with Gasteiger partial charge in [0.1, 0.15) is 0 Å². The van der Waals surface area contributed by atoms with Gasteiger partial charge >= 0.3 is 0 Å². The highest BCUT2D eigenvalue weighted by Gasteiger charge is 2.24. The van der Waals surface area contributed by atoms with Gasteiger partial charge in [-0.3, -0.25) is 0 Å². The van der Waals surface area contributed by atoms with Gasteiger partial charge in [0.05, 0.1) is 5.60 Å². The molecule has 0 aliphatic heterocycles. The molecule has 12 heavy (non-hydrogen) atoms. The fraction of sp³-hybridized carbons (Fsp3) is 0.800. The standard InChI is InChI=1S/C10H22OSi/c1-5-9-10(6-2,7-3)11-12-8-4/h8H,4-7,9,12H2,1-3H3. The van der Waals surface area contributed by atoms with Crippen LogP contribution in [0.15, 0.2) is 12.3 Å². The van der Waals surface area contributed by atoms with E-state index in [1.54, 1.807) is 0 Å². The van der Waals surface area contributed by atoms with Crippen LogP contribution in [-0.2, 0) is 4.43 Å². The van der Waals surface area contributed by atoms with Gasteiger partial charge in [-0.2, -0.15) is 0 Å². The lowest BCUT2D eigenvalue weighted by atomic mass is 9.92. The molecule has 0 N–H and O–H groups in total. The fourth-order valence-electron chi connectivity index (χ4n) is 1.57. The molecule has 0 atom stereocenters. The second-order valence-corrected chi connectivity index (χ2v) is 4.44. The molecule has 0 spiro atoms. The van der Waals surface area contributed by atoms with Crippen LogP contribution in [0.4, 0.5) is 0 Å². The number of hydrogen-bond donors (Lipinski definition) is 0. The fourth-order valence-corrected chi connectivity index (χ4v) is 2.60. The minimum absolute atomic E-state index is 0.176. The summed E-state index contributed by atoms with van der Waals surface area (Å²) in [6.07, 6.45) is 4.68. The predicted molar refractivity (Wildman–Crippen MR) is 58.0 cm³/mol. The third-order valence-corrected chi connectivity index (χ3v) is 3.52. The van der Waals surface area contributed by atoms with Crippen molar-refractivity contribution in [3.8, 4) is 0 Å². The molecule has 0 aromatic carbocycles. The Hall–Kier alpha value is -0.0831. The van der Waals surface area contributed by atoms with Crippen molar-refractivity contribution in [2.75, 3.05) is 0 Å². The van der Waals surface area contributed by atoms with Gasteiger partial charge in [0, 0.05) is 0 Å². The molecule has 2 heteroatoms. The second-order valence-electron chi connectivity index (χ2n) is 3.24. The Morgan fingerprint density at radius 2 is 1.92 bits per heavy atom. The maximum atomic E-state index is 5.94. The first-order valence-corrected chi connectivity index (χ1v) is 6.39. The maximum Gasteiger partial charge on any atom is 0.185 e. The summed E-state index contributed by atoms with van der Waals surface area (Å²) in [7, 11) is -0.461. The van der Waals surface area contributed by atoms with Gasteiger partial charge in [-0.25, -0.2) is 0 Å². The van der Waals surface area contributed by atoms with E-state index in [1.807, 2.05) is 5.70 Å². The first-order valence-electron chi connectivity index (χ1n) is 4.99. The third-order valence-electron chi connectivity index (χ3n) is 2.50. The zero-order valence-corrected chi connectivity index (χ0v) is 10.1. The molecule has 0 aromatic rings. The van der Waals surface area contributed by atoms with E-state index in [0.717, 1.165) is 12.8 Å². The Morgan fingerprint density at radius 3 is 2.25 bits per heavy atom. The molecule has 0 saturated heterocycles. The lowest BCUT2D eigenvalue weighted by Gasteiger charge is -2.31. The normalized spacial score (nSPS) is 12.6. The molecule has 0 unspecified atom stereocenters. The Labute approximate surface area is 79.1 Å². The van der Waals surface area contributed by atoms with Gasteiger partial charge in [0.2, 0.25) is 0 Å². The van der Waals surface area contributed by atoms with Gasteiger partial charge in [-0.15, -0.1) is 6.58 Å². The van der Waals surface area contributed by atoms with E-state index in [4.69, 9.17) is 4.43 Å². The van der Waals surface area contributed by atoms with Crippen LogP contribution < -0.4 is 0 Å². The molecule has 0 heterocycles. The second kappa shape index (κ2) is 6.43. The molecule has 0 radical (unpaired) electrons. The molecule has 0 rings (SSSR count). The highest BCUT2D eigenvalue weighted by molar-refractivity contribution is 6.34. The van der Waals surface area contributed by atoms with Crippen LogP contribution >= 0.6 is 0 Å². The predicted octanol–water partition coefficient (Wildman–Crippen LogP) is 2.59. The van der Waals surface area contributed by atoms with Crippen molar-refractivity contribution in [3.63, 3.8) is 0 Å². The zero-order valence-electron chi connectivity index (χ0n) is 8.73. The Morgan fingerprint density at radius 1 is 1.33 bits per heavy atom. The molecule has 1 nitrogen and oxygen atoms in total. The SMILES string of the molecule is C=C[SiH2]OC(CC)(CC)CCC. The van der Waals surface area contributed by atoms with Gasteiger partial charge in [-0.05, 0) is 19.3 Å². The monoisotopic (exact) mass is 186 g/mol. The number of hydrogen-bond acceptors (Lipinski definition) is 1. The molecule has 0 aliphatic carbocycles. The summed E-state index contributed by atoms with van der Waals surface area (Å²) >= 11 is 0. The summed E-state index contributed by atoms with van der Waals surface area (Å²) in [5, 5.41) is 0. The van der Waals surface area contributed by atoms with Gasteiger partial charge in [-0.1, -0.05) is 32.9 Å². The van der Waals surface area contributed by atoms with Crippen molar-refractivity contribution in [1.82, 2.24) is 0 Å². The summed E-state index contributed by atoms with van der Waals surface area (Å²) in [6, 6.07) is 0. The summed E-state index contributed by atoms with van der Waals surface area (Å²) in [4.78, 5) is 0. The van der Waals surface area contributed by atoms with E-state index in [-0.39, 0.29) is 5.60 Å². The smallest absolute Gasteiger partial charge is 0.185 e. The molecule has 0 fully saturated rings. The van der Waals surface area contributed by atoms with Crippen molar-refractivity contribution >= 4 is 9.76 Å². The van der Waals surface area contributed by atoms with Crippen molar-refractivity contribution < 1.29 is 4.43 Å². The number of rotatable bonds is 7. The molecule has 0 bridgehead atoms. The highest BCUT2D eigenvalue weighted by Crippen LogP contribution is 2.25. The van der Waals surface area contributed by atoms with Crippen LogP contribution in [0, 0.1) is 0 Å². The average Bonchev–Trinajstić information content (AvgIpc) is 2.13. The summed E-state index contributed by atoms with van der Waals surface area (Å²) in [5.41, 5.74) is 2.14. The van der Waals surface area contributed by atoms with Crippen molar-refractivity contribution in [3.05, 3.63) is 12.3 Å². The molecule has 0 amide bonds. The average molecular weight is 186 g/mol. The van der Waals surface area contributed by atoms with E-state index in [1.165, 1.54) is 12.8 Å². The van der Waals surface area contributed by atoms with Crippen LogP contribution in [0.25, 0.3) is 0 Å². The molecular weight excluding hydrogens is 164 g/mol. The quantitative estimate of drug-likeness (QED) is 0.555. The molecule has 72 valence electrons. The van der Waals surface area contributed by atoms with Crippen molar-refractivity contribution in [2.45, 2.75) is 52.1 Å². The van der Waals surface area contributed by atoms with E-state index in [9.17, 15) is 0 Å². The van der Waals surface area contributed by atoms with Crippen LogP contribution in [-0.4, -0.2) is 15.4 Å². The Balaban J connectivity index is 4.03.